The normalized spacial score (nSPS) is 11.4. The molecule has 0 spiro atoms. The SMILES string of the molecule is CNC(=O)c1c(-c2ccc(F)cc2)oc2nc(N(CCCCC(=O)OC)S(C)(=O)=O)c(C)cc12. The Morgan fingerprint density at radius 1 is 1.21 bits per heavy atom. The van der Waals surface area contributed by atoms with Gasteiger partial charge in [0.2, 0.25) is 15.7 Å². The molecule has 1 aromatic carbocycles. The Morgan fingerprint density at radius 2 is 1.88 bits per heavy atom. The molecule has 0 aliphatic heterocycles. The number of unbranched alkanes of at least 4 members (excludes halogenated alkanes) is 1. The molecule has 0 bridgehead atoms. The number of amides is 1. The van der Waals surface area contributed by atoms with Crippen molar-refractivity contribution in [3.63, 3.8) is 0 Å². The summed E-state index contributed by atoms with van der Waals surface area (Å²) in [6.45, 7) is 1.79. The van der Waals surface area contributed by atoms with Gasteiger partial charge in [-0.2, -0.15) is 4.98 Å². The van der Waals surface area contributed by atoms with Gasteiger partial charge < -0.3 is 14.5 Å². The van der Waals surface area contributed by atoms with Crippen molar-refractivity contribution < 1.29 is 31.6 Å². The van der Waals surface area contributed by atoms with Gasteiger partial charge in [0.25, 0.3) is 5.91 Å². The molecule has 2 heterocycles. The minimum atomic E-state index is -3.70. The van der Waals surface area contributed by atoms with Crippen molar-refractivity contribution in [2.24, 2.45) is 0 Å². The molecule has 11 heteroatoms. The summed E-state index contributed by atoms with van der Waals surface area (Å²) >= 11 is 0. The molecule has 0 fully saturated rings. The maximum Gasteiger partial charge on any atom is 0.305 e. The molecule has 3 rings (SSSR count). The van der Waals surface area contributed by atoms with E-state index in [4.69, 9.17) is 4.42 Å². The fourth-order valence-corrected chi connectivity index (χ4v) is 4.54. The van der Waals surface area contributed by atoms with Crippen LogP contribution in [0.15, 0.2) is 34.7 Å². The number of hydrogen-bond acceptors (Lipinski definition) is 7. The first-order chi connectivity index (χ1) is 16.1. The van der Waals surface area contributed by atoms with E-state index in [1.54, 1.807) is 13.0 Å². The van der Waals surface area contributed by atoms with Crippen molar-refractivity contribution in [2.75, 3.05) is 31.3 Å². The second kappa shape index (κ2) is 10.2. The summed E-state index contributed by atoms with van der Waals surface area (Å²) < 4.78 is 50.2. The van der Waals surface area contributed by atoms with Gasteiger partial charge in [0.1, 0.15) is 17.4 Å². The van der Waals surface area contributed by atoms with Gasteiger partial charge in [0.05, 0.1) is 24.3 Å². The molecule has 0 aliphatic carbocycles. The molecule has 0 saturated heterocycles. The van der Waals surface area contributed by atoms with E-state index in [0.29, 0.717) is 29.4 Å². The lowest BCUT2D eigenvalue weighted by molar-refractivity contribution is -0.140. The molecule has 0 unspecified atom stereocenters. The Bertz CT molecular complexity index is 1320. The van der Waals surface area contributed by atoms with Crippen molar-refractivity contribution in [1.29, 1.82) is 0 Å². The molecule has 1 N–H and O–H groups in total. The van der Waals surface area contributed by atoms with Crippen molar-refractivity contribution >= 4 is 38.8 Å². The van der Waals surface area contributed by atoms with Crippen molar-refractivity contribution in [2.45, 2.75) is 26.2 Å². The van der Waals surface area contributed by atoms with Gasteiger partial charge in [-0.3, -0.25) is 13.9 Å². The summed E-state index contributed by atoms with van der Waals surface area (Å²) in [5.41, 5.74) is 1.28. The van der Waals surface area contributed by atoms with Gasteiger partial charge in [0, 0.05) is 25.6 Å². The van der Waals surface area contributed by atoms with Gasteiger partial charge >= 0.3 is 5.97 Å². The minimum absolute atomic E-state index is 0.0711. The molecular weight excluding hydrogens is 465 g/mol. The van der Waals surface area contributed by atoms with Crippen LogP contribution < -0.4 is 9.62 Å². The van der Waals surface area contributed by atoms with Gasteiger partial charge in [-0.25, -0.2) is 12.8 Å². The Morgan fingerprint density at radius 3 is 2.47 bits per heavy atom. The van der Waals surface area contributed by atoms with Crippen LogP contribution >= 0.6 is 0 Å². The van der Waals surface area contributed by atoms with Crippen molar-refractivity contribution in [3.8, 4) is 11.3 Å². The molecule has 0 radical (unpaired) electrons. The highest BCUT2D eigenvalue weighted by molar-refractivity contribution is 7.92. The van der Waals surface area contributed by atoms with Gasteiger partial charge in [0.15, 0.2) is 0 Å². The number of sulfonamides is 1. The predicted octanol–water partition coefficient (Wildman–Crippen LogP) is 3.41. The summed E-state index contributed by atoms with van der Waals surface area (Å²) in [5, 5.41) is 2.97. The maximum absolute atomic E-state index is 13.4. The lowest BCUT2D eigenvalue weighted by Gasteiger charge is -2.22. The largest absolute Gasteiger partial charge is 0.469 e. The van der Waals surface area contributed by atoms with E-state index in [9.17, 15) is 22.4 Å². The maximum atomic E-state index is 13.4. The first kappa shape index (κ1) is 25.2. The number of aromatic nitrogens is 1. The number of rotatable bonds is 9. The molecule has 0 atom stereocenters. The number of aryl methyl sites for hydroxylation is 1. The number of carbonyl (C=O) groups excluding carboxylic acids is 2. The monoisotopic (exact) mass is 491 g/mol. The molecule has 0 aliphatic rings. The zero-order valence-corrected chi connectivity index (χ0v) is 20.2. The van der Waals surface area contributed by atoms with Gasteiger partial charge in [-0.15, -0.1) is 0 Å². The molecule has 182 valence electrons. The average Bonchev–Trinajstić information content (AvgIpc) is 3.15. The number of fused-ring (bicyclic) bond motifs is 1. The first-order valence-electron chi connectivity index (χ1n) is 10.5. The number of furan rings is 1. The smallest absolute Gasteiger partial charge is 0.305 e. The van der Waals surface area contributed by atoms with Crippen LogP contribution in [0.5, 0.6) is 0 Å². The number of pyridine rings is 1. The topological polar surface area (TPSA) is 119 Å². The van der Waals surface area contributed by atoms with Crippen LogP contribution in [0.25, 0.3) is 22.4 Å². The molecular formula is C23H26FN3O6S. The summed E-state index contributed by atoms with van der Waals surface area (Å²) in [7, 11) is -0.933. The number of methoxy groups -OCH3 is 1. The average molecular weight is 492 g/mol. The molecule has 0 saturated carbocycles. The molecule has 1 amide bonds. The zero-order valence-electron chi connectivity index (χ0n) is 19.3. The fourth-order valence-electron chi connectivity index (χ4n) is 3.58. The van der Waals surface area contributed by atoms with Crippen LogP contribution in [0, 0.1) is 12.7 Å². The van der Waals surface area contributed by atoms with Crippen LogP contribution in [0.4, 0.5) is 10.2 Å². The number of nitrogens with zero attached hydrogens (tertiary/aromatic N) is 2. The minimum Gasteiger partial charge on any atom is -0.469 e. The van der Waals surface area contributed by atoms with Crippen molar-refractivity contribution in [1.82, 2.24) is 10.3 Å². The van der Waals surface area contributed by atoms with E-state index in [-0.39, 0.29) is 41.8 Å². The molecule has 3 aromatic rings. The molecule has 34 heavy (non-hydrogen) atoms. The second-order valence-electron chi connectivity index (χ2n) is 7.74. The first-order valence-corrected chi connectivity index (χ1v) is 12.4. The van der Waals surface area contributed by atoms with Crippen LogP contribution in [-0.2, 0) is 19.6 Å². The highest BCUT2D eigenvalue weighted by Crippen LogP contribution is 2.36. The summed E-state index contributed by atoms with van der Waals surface area (Å²) in [6.07, 6.45) is 2.09. The highest BCUT2D eigenvalue weighted by Gasteiger charge is 2.27. The summed E-state index contributed by atoms with van der Waals surface area (Å²) in [4.78, 5) is 28.5. The number of carbonyl (C=O) groups is 2. The van der Waals surface area contributed by atoms with E-state index >= 15 is 0 Å². The van der Waals surface area contributed by atoms with Crippen molar-refractivity contribution in [3.05, 3.63) is 47.3 Å². The van der Waals surface area contributed by atoms with E-state index in [1.165, 1.54) is 38.4 Å². The third-order valence-corrected chi connectivity index (χ3v) is 6.42. The molecule has 2 aromatic heterocycles. The van der Waals surface area contributed by atoms with E-state index < -0.39 is 21.7 Å². The number of anilines is 1. The number of nitrogens with one attached hydrogen (secondary N) is 1. The van der Waals surface area contributed by atoms with Gasteiger partial charge in [-0.1, -0.05) is 0 Å². The number of esters is 1. The lowest BCUT2D eigenvalue weighted by Crippen LogP contribution is -2.32. The second-order valence-corrected chi connectivity index (χ2v) is 9.65. The van der Waals surface area contributed by atoms with E-state index in [0.717, 1.165) is 10.6 Å². The van der Waals surface area contributed by atoms with Crippen LogP contribution in [0.3, 0.4) is 0 Å². The number of benzene rings is 1. The summed E-state index contributed by atoms with van der Waals surface area (Å²) in [6, 6.07) is 7.11. The Hall–Kier alpha value is -3.47. The Kier molecular flexibility index (Phi) is 7.55. The predicted molar refractivity (Wildman–Crippen MR) is 126 cm³/mol. The highest BCUT2D eigenvalue weighted by atomic mass is 32.2. The third-order valence-electron chi connectivity index (χ3n) is 5.26. The standard InChI is InChI=1S/C23H26FN3O6S/c1-14-13-17-19(22(29)25-2)20(15-8-10-16(24)11-9-15)33-23(17)26-21(14)27(34(4,30)31)12-6-5-7-18(28)32-3/h8-11,13H,5-7,12H2,1-4H3,(H,25,29). The Labute approximate surface area is 197 Å². The number of hydrogen-bond donors (Lipinski definition) is 1. The van der Waals surface area contributed by atoms with Crippen LogP contribution in [0.1, 0.15) is 35.2 Å². The quantitative estimate of drug-likeness (QED) is 0.360. The number of ether oxygens (including phenoxy) is 1. The number of halogens is 1. The van der Waals surface area contributed by atoms with Gasteiger partial charge in [-0.05, 0) is 55.7 Å². The zero-order chi connectivity index (χ0) is 25.0. The molecule has 9 nitrogen and oxygen atoms in total. The summed E-state index contributed by atoms with van der Waals surface area (Å²) in [5.74, 6) is -0.867. The fraction of sp³-hybridized carbons (Fsp3) is 0.348. The lowest BCUT2D eigenvalue weighted by atomic mass is 10.0. The van der Waals surface area contributed by atoms with Crippen LogP contribution in [0.2, 0.25) is 0 Å². The van der Waals surface area contributed by atoms with E-state index in [2.05, 4.69) is 15.0 Å². The third kappa shape index (κ3) is 5.36. The Balaban J connectivity index is 2.08. The van der Waals surface area contributed by atoms with Crippen LogP contribution in [-0.4, -0.2) is 52.2 Å². The van der Waals surface area contributed by atoms with E-state index in [1.807, 2.05) is 0 Å².